The minimum Gasteiger partial charge on any atom is -0.464 e. The van der Waals surface area contributed by atoms with E-state index in [1.807, 2.05) is 48.3 Å². The van der Waals surface area contributed by atoms with Crippen molar-refractivity contribution in [1.29, 1.82) is 0 Å². The number of carbonyl (C=O) groups excluding carboxylic acids is 1. The van der Waals surface area contributed by atoms with Gasteiger partial charge in [0.05, 0.1) is 12.1 Å². The zero-order chi connectivity index (χ0) is 18.4. The van der Waals surface area contributed by atoms with E-state index in [1.54, 1.807) is 0 Å². The van der Waals surface area contributed by atoms with E-state index in [2.05, 4.69) is 15.5 Å². The third-order valence-corrected chi connectivity index (χ3v) is 6.44. The molecule has 1 aromatic heterocycles. The lowest BCUT2D eigenvalue weighted by Gasteiger charge is -2.33. The van der Waals surface area contributed by atoms with Crippen LogP contribution in [0.3, 0.4) is 0 Å². The third kappa shape index (κ3) is 4.84. The number of benzene rings is 1. The first-order valence-corrected chi connectivity index (χ1v) is 10.4. The van der Waals surface area contributed by atoms with Gasteiger partial charge in [0.1, 0.15) is 5.69 Å². The van der Waals surface area contributed by atoms with Crippen molar-refractivity contribution in [2.75, 3.05) is 32.5 Å². The van der Waals surface area contributed by atoms with Gasteiger partial charge in [-0.1, -0.05) is 23.7 Å². The summed E-state index contributed by atoms with van der Waals surface area (Å²) < 4.78 is 6.96. The number of nitrogens with zero attached hydrogens (tertiary/aromatic N) is 2. The zero-order valence-electron chi connectivity index (χ0n) is 15.1. The van der Waals surface area contributed by atoms with E-state index in [-0.39, 0.29) is 5.97 Å². The van der Waals surface area contributed by atoms with Crippen LogP contribution in [0.2, 0.25) is 5.02 Å². The van der Waals surface area contributed by atoms with Crippen LogP contribution < -0.4 is 0 Å². The van der Waals surface area contributed by atoms with Gasteiger partial charge in [-0.15, -0.1) is 11.8 Å². The van der Waals surface area contributed by atoms with Crippen LogP contribution in [0.25, 0.3) is 0 Å². The fraction of sp³-hybridized carbons (Fsp3) is 0.450. The van der Waals surface area contributed by atoms with Gasteiger partial charge >= 0.3 is 5.97 Å². The molecule has 0 saturated carbocycles. The first-order chi connectivity index (χ1) is 12.7. The van der Waals surface area contributed by atoms with E-state index in [9.17, 15) is 4.79 Å². The molecule has 1 aliphatic rings. The van der Waals surface area contributed by atoms with Crippen molar-refractivity contribution in [1.82, 2.24) is 9.47 Å². The Morgan fingerprint density at radius 3 is 2.73 bits per heavy atom. The van der Waals surface area contributed by atoms with Crippen molar-refractivity contribution in [3.8, 4) is 0 Å². The molecular weight excluding hydrogens is 368 g/mol. The molecule has 0 aliphatic carbocycles. The molecule has 0 amide bonds. The standard InChI is InChI=1S/C20H25ClN2O2S/c1-25-20(24)18-7-4-12-23(18)16-9-13-22(14-10-16)11-5-15-26-19-8-3-2-6-17(19)21/h2-4,6-8,12,16H,5,9-11,13-15H2,1H3. The fourth-order valence-corrected chi connectivity index (χ4v) is 4.62. The number of hydrogen-bond donors (Lipinski definition) is 0. The number of methoxy groups -OCH3 is 1. The molecular formula is C20H25ClN2O2S. The quantitative estimate of drug-likeness (QED) is 0.387. The number of thioether (sulfide) groups is 1. The van der Waals surface area contributed by atoms with Gasteiger partial charge < -0.3 is 14.2 Å². The number of ether oxygens (including phenoxy) is 1. The lowest BCUT2D eigenvalue weighted by atomic mass is 10.0. The number of aromatic nitrogens is 1. The number of piperidine rings is 1. The van der Waals surface area contributed by atoms with Crippen LogP contribution in [-0.2, 0) is 4.74 Å². The molecule has 4 nitrogen and oxygen atoms in total. The summed E-state index contributed by atoms with van der Waals surface area (Å²) >= 11 is 8.02. The molecule has 0 spiro atoms. The van der Waals surface area contributed by atoms with Gasteiger partial charge in [-0.25, -0.2) is 4.79 Å². The summed E-state index contributed by atoms with van der Waals surface area (Å²) in [5.74, 6) is 0.822. The normalized spacial score (nSPS) is 15.9. The molecule has 6 heteroatoms. The predicted octanol–water partition coefficient (Wildman–Crippen LogP) is 4.75. The van der Waals surface area contributed by atoms with E-state index in [1.165, 1.54) is 7.11 Å². The number of hydrogen-bond acceptors (Lipinski definition) is 4. The SMILES string of the molecule is COC(=O)c1cccn1C1CCN(CCCSc2ccccc2Cl)CC1. The van der Waals surface area contributed by atoms with Crippen LogP contribution in [0.15, 0.2) is 47.5 Å². The largest absolute Gasteiger partial charge is 0.464 e. The van der Waals surface area contributed by atoms with E-state index >= 15 is 0 Å². The monoisotopic (exact) mass is 392 g/mol. The van der Waals surface area contributed by atoms with Crippen LogP contribution in [0.1, 0.15) is 35.8 Å². The maximum Gasteiger partial charge on any atom is 0.354 e. The summed E-state index contributed by atoms with van der Waals surface area (Å²) in [6.07, 6.45) is 5.27. The van der Waals surface area contributed by atoms with Crippen LogP contribution in [0.4, 0.5) is 0 Å². The summed E-state index contributed by atoms with van der Waals surface area (Å²) in [6.45, 7) is 3.25. The Hall–Kier alpha value is -1.43. The lowest BCUT2D eigenvalue weighted by molar-refractivity contribution is 0.0582. The number of likely N-dealkylation sites (tertiary alicyclic amines) is 1. The van der Waals surface area contributed by atoms with Gasteiger partial charge in [-0.05, 0) is 55.8 Å². The van der Waals surface area contributed by atoms with E-state index in [0.717, 1.165) is 54.6 Å². The smallest absolute Gasteiger partial charge is 0.354 e. The second-order valence-electron chi connectivity index (χ2n) is 6.50. The molecule has 3 rings (SSSR count). The lowest BCUT2D eigenvalue weighted by Crippen LogP contribution is -2.36. The summed E-state index contributed by atoms with van der Waals surface area (Å²) in [7, 11) is 1.43. The molecule has 2 heterocycles. The fourth-order valence-electron chi connectivity index (χ4n) is 3.44. The Bertz CT molecular complexity index is 726. The highest BCUT2D eigenvalue weighted by molar-refractivity contribution is 7.99. The van der Waals surface area contributed by atoms with Crippen LogP contribution in [0, 0.1) is 0 Å². The summed E-state index contributed by atoms with van der Waals surface area (Å²) in [4.78, 5) is 15.5. The number of halogens is 1. The predicted molar refractivity (Wildman–Crippen MR) is 107 cm³/mol. The third-order valence-electron chi connectivity index (χ3n) is 4.84. The molecule has 26 heavy (non-hydrogen) atoms. The summed E-state index contributed by atoms with van der Waals surface area (Å²) in [6, 6.07) is 12.2. The van der Waals surface area contributed by atoms with Crippen LogP contribution >= 0.6 is 23.4 Å². The van der Waals surface area contributed by atoms with Gasteiger partial charge in [0, 0.05) is 30.2 Å². The second-order valence-corrected chi connectivity index (χ2v) is 8.04. The van der Waals surface area contributed by atoms with Crippen molar-refractivity contribution < 1.29 is 9.53 Å². The Kier molecular flexibility index (Phi) is 7.06. The minimum atomic E-state index is -0.256. The molecule has 1 aromatic carbocycles. The highest BCUT2D eigenvalue weighted by Gasteiger charge is 2.23. The first-order valence-electron chi connectivity index (χ1n) is 9.04. The van der Waals surface area contributed by atoms with Crippen molar-refractivity contribution in [3.63, 3.8) is 0 Å². The molecule has 2 aromatic rings. The van der Waals surface area contributed by atoms with E-state index in [0.29, 0.717) is 11.7 Å². The molecule has 1 saturated heterocycles. The zero-order valence-corrected chi connectivity index (χ0v) is 16.6. The van der Waals surface area contributed by atoms with Crippen molar-refractivity contribution in [3.05, 3.63) is 53.3 Å². The summed E-state index contributed by atoms with van der Waals surface area (Å²) in [5, 5.41) is 0.839. The number of carbonyl (C=O) groups is 1. The topological polar surface area (TPSA) is 34.5 Å². The minimum absolute atomic E-state index is 0.256. The molecule has 0 unspecified atom stereocenters. The van der Waals surface area contributed by atoms with Crippen molar-refractivity contribution >= 4 is 29.3 Å². The second kappa shape index (κ2) is 9.49. The number of rotatable bonds is 7. The van der Waals surface area contributed by atoms with Gasteiger partial charge in [-0.3, -0.25) is 0 Å². The Morgan fingerprint density at radius 1 is 1.23 bits per heavy atom. The van der Waals surface area contributed by atoms with Gasteiger partial charge in [0.25, 0.3) is 0 Å². The van der Waals surface area contributed by atoms with Gasteiger partial charge in [-0.2, -0.15) is 0 Å². The molecule has 0 N–H and O–H groups in total. The van der Waals surface area contributed by atoms with E-state index in [4.69, 9.17) is 16.3 Å². The highest BCUT2D eigenvalue weighted by atomic mass is 35.5. The average Bonchev–Trinajstić information content (AvgIpc) is 3.16. The van der Waals surface area contributed by atoms with Gasteiger partial charge in [0.15, 0.2) is 0 Å². The van der Waals surface area contributed by atoms with Crippen LogP contribution in [-0.4, -0.2) is 47.9 Å². The first kappa shape index (κ1) is 19.3. The molecule has 0 bridgehead atoms. The molecule has 1 fully saturated rings. The molecule has 0 atom stereocenters. The van der Waals surface area contributed by atoms with Crippen molar-refractivity contribution in [2.45, 2.75) is 30.2 Å². The maximum atomic E-state index is 11.9. The molecule has 140 valence electrons. The molecule has 1 aliphatic heterocycles. The van der Waals surface area contributed by atoms with Gasteiger partial charge in [0.2, 0.25) is 0 Å². The summed E-state index contributed by atoms with van der Waals surface area (Å²) in [5.41, 5.74) is 0.655. The number of esters is 1. The Morgan fingerprint density at radius 2 is 2.00 bits per heavy atom. The van der Waals surface area contributed by atoms with Crippen LogP contribution in [0.5, 0.6) is 0 Å². The molecule has 0 radical (unpaired) electrons. The van der Waals surface area contributed by atoms with E-state index < -0.39 is 0 Å². The Balaban J connectivity index is 1.41. The van der Waals surface area contributed by atoms with Crippen molar-refractivity contribution in [2.24, 2.45) is 0 Å². The average molecular weight is 393 g/mol. The highest BCUT2D eigenvalue weighted by Crippen LogP contribution is 2.28. The Labute approximate surface area is 164 Å². The maximum absolute atomic E-state index is 11.9.